The van der Waals surface area contributed by atoms with Crippen molar-refractivity contribution in [3.63, 3.8) is 0 Å². The van der Waals surface area contributed by atoms with Crippen molar-refractivity contribution in [1.29, 1.82) is 0 Å². The average molecular weight is 464 g/mol. The number of nitrogens with zero attached hydrogens (tertiary/aromatic N) is 1. The van der Waals surface area contributed by atoms with Crippen LogP contribution < -0.4 is 15.4 Å². The van der Waals surface area contributed by atoms with Gasteiger partial charge in [0.1, 0.15) is 0 Å². The predicted molar refractivity (Wildman–Crippen MR) is 115 cm³/mol. The fourth-order valence-corrected chi connectivity index (χ4v) is 4.00. The fourth-order valence-electron chi connectivity index (χ4n) is 3.58. The van der Waals surface area contributed by atoms with Gasteiger partial charge in [0.25, 0.3) is 0 Å². The van der Waals surface area contributed by atoms with Crippen molar-refractivity contribution in [2.75, 3.05) is 20.2 Å². The van der Waals surface area contributed by atoms with Gasteiger partial charge in [-0.25, -0.2) is 9.18 Å². The van der Waals surface area contributed by atoms with Crippen molar-refractivity contribution >= 4 is 22.0 Å². The van der Waals surface area contributed by atoms with Crippen LogP contribution in [-0.4, -0.2) is 37.2 Å². The zero-order valence-corrected chi connectivity index (χ0v) is 18.3. The van der Waals surface area contributed by atoms with E-state index in [2.05, 4.69) is 31.5 Å². The van der Waals surface area contributed by atoms with Crippen LogP contribution in [0.4, 0.5) is 9.18 Å². The number of urea groups is 1. The molecule has 0 aromatic heterocycles. The zero-order chi connectivity index (χ0) is 20.8. The number of rotatable bonds is 6. The first kappa shape index (κ1) is 21.6. The molecule has 0 aliphatic carbocycles. The summed E-state index contributed by atoms with van der Waals surface area (Å²) in [5.41, 5.74) is 1.98. The van der Waals surface area contributed by atoms with Crippen molar-refractivity contribution < 1.29 is 13.9 Å². The smallest absolute Gasteiger partial charge is 0.315 e. The Kier molecular flexibility index (Phi) is 7.50. The Morgan fingerprint density at radius 2 is 2.03 bits per heavy atom. The maximum atomic E-state index is 13.9. The maximum absolute atomic E-state index is 13.9. The molecular weight excluding hydrogens is 437 g/mol. The number of nitrogens with one attached hydrogen (secondary N) is 2. The Bertz CT molecular complexity index is 841. The third-order valence-corrected chi connectivity index (χ3v) is 5.73. The van der Waals surface area contributed by atoms with E-state index in [1.54, 1.807) is 6.07 Å². The van der Waals surface area contributed by atoms with Gasteiger partial charge in [0.15, 0.2) is 11.6 Å². The average Bonchev–Trinajstić information content (AvgIpc) is 2.69. The highest BCUT2D eigenvalue weighted by molar-refractivity contribution is 9.10. The molecule has 29 heavy (non-hydrogen) atoms. The normalized spacial score (nSPS) is 16.3. The molecule has 3 rings (SSSR count). The monoisotopic (exact) mass is 463 g/mol. The Morgan fingerprint density at radius 1 is 1.28 bits per heavy atom. The summed E-state index contributed by atoms with van der Waals surface area (Å²) in [6.45, 7) is 4.39. The first-order valence-electron chi connectivity index (χ1n) is 9.82. The molecule has 156 valence electrons. The van der Waals surface area contributed by atoms with E-state index in [0.29, 0.717) is 6.54 Å². The number of amides is 2. The molecule has 1 atom stereocenters. The molecule has 2 aromatic carbocycles. The summed E-state index contributed by atoms with van der Waals surface area (Å²) < 4.78 is 19.8. The van der Waals surface area contributed by atoms with E-state index in [4.69, 9.17) is 4.74 Å². The molecule has 0 bridgehead atoms. The lowest BCUT2D eigenvalue weighted by molar-refractivity contribution is 0.185. The molecule has 0 radical (unpaired) electrons. The molecule has 1 fully saturated rings. The van der Waals surface area contributed by atoms with Gasteiger partial charge in [0.2, 0.25) is 0 Å². The van der Waals surface area contributed by atoms with Crippen LogP contribution in [0.15, 0.2) is 46.9 Å². The third kappa shape index (κ3) is 6.18. The number of carbonyl (C=O) groups is 1. The highest BCUT2D eigenvalue weighted by atomic mass is 79.9. The van der Waals surface area contributed by atoms with Gasteiger partial charge in [-0.05, 0) is 55.2 Å². The van der Waals surface area contributed by atoms with Crippen LogP contribution in [0.1, 0.15) is 36.9 Å². The summed E-state index contributed by atoms with van der Waals surface area (Å²) in [4.78, 5) is 14.6. The molecule has 2 N–H and O–H groups in total. The Labute approximate surface area is 179 Å². The highest BCUT2D eigenvalue weighted by Gasteiger charge is 2.21. The van der Waals surface area contributed by atoms with Crippen molar-refractivity contribution in [3.8, 4) is 5.75 Å². The lowest BCUT2D eigenvalue weighted by Gasteiger charge is -2.32. The maximum Gasteiger partial charge on any atom is 0.315 e. The second-order valence-corrected chi connectivity index (χ2v) is 8.33. The molecule has 1 unspecified atom stereocenters. The minimum Gasteiger partial charge on any atom is -0.494 e. The van der Waals surface area contributed by atoms with Crippen LogP contribution in [0.25, 0.3) is 0 Å². The molecule has 2 aromatic rings. The van der Waals surface area contributed by atoms with Crippen LogP contribution in [0.3, 0.4) is 0 Å². The quantitative estimate of drug-likeness (QED) is 0.656. The largest absolute Gasteiger partial charge is 0.494 e. The molecule has 1 aliphatic heterocycles. The van der Waals surface area contributed by atoms with Gasteiger partial charge < -0.3 is 15.4 Å². The number of halogens is 2. The minimum absolute atomic E-state index is 0.0717. The van der Waals surface area contributed by atoms with Crippen LogP contribution >= 0.6 is 15.9 Å². The molecule has 0 saturated carbocycles. The van der Waals surface area contributed by atoms with E-state index < -0.39 is 0 Å². The van der Waals surface area contributed by atoms with Gasteiger partial charge in [0, 0.05) is 30.1 Å². The zero-order valence-electron chi connectivity index (χ0n) is 16.8. The van der Waals surface area contributed by atoms with Crippen molar-refractivity contribution in [2.24, 2.45) is 0 Å². The number of carbonyl (C=O) groups excluding carboxylic acids is 1. The van der Waals surface area contributed by atoms with Gasteiger partial charge >= 0.3 is 6.03 Å². The number of benzene rings is 2. The number of hydrogen-bond donors (Lipinski definition) is 2. The summed E-state index contributed by atoms with van der Waals surface area (Å²) in [7, 11) is 1.46. The number of methoxy groups -OCH3 is 1. The van der Waals surface area contributed by atoms with E-state index in [9.17, 15) is 9.18 Å². The lowest BCUT2D eigenvalue weighted by Crippen LogP contribution is -2.48. The van der Waals surface area contributed by atoms with Crippen molar-refractivity contribution in [2.45, 2.75) is 38.4 Å². The van der Waals surface area contributed by atoms with E-state index >= 15 is 0 Å². The van der Waals surface area contributed by atoms with E-state index in [1.165, 1.54) is 13.2 Å². The summed E-state index contributed by atoms with van der Waals surface area (Å²) in [5.74, 6) is -0.0717. The number of ether oxygens (including phenoxy) is 1. The molecule has 1 aliphatic rings. The molecule has 2 amide bonds. The molecule has 1 heterocycles. The van der Waals surface area contributed by atoms with Crippen LogP contribution in [0, 0.1) is 5.82 Å². The molecule has 0 spiro atoms. The summed E-state index contributed by atoms with van der Waals surface area (Å²) in [6, 6.07) is 12.9. The first-order valence-corrected chi connectivity index (χ1v) is 10.6. The summed E-state index contributed by atoms with van der Waals surface area (Å²) >= 11 is 3.46. The lowest BCUT2D eigenvalue weighted by atomic mass is 10.0. The topological polar surface area (TPSA) is 53.6 Å². The summed E-state index contributed by atoms with van der Waals surface area (Å²) in [5, 5.41) is 6.08. The van der Waals surface area contributed by atoms with Crippen molar-refractivity contribution in [1.82, 2.24) is 15.5 Å². The SMILES string of the molecule is COc1ccc(CN2CCC(NC(=O)NC(C)c3cccc(Br)c3)CC2)cc1F. The predicted octanol–water partition coefficient (Wildman–Crippen LogP) is 4.62. The van der Waals surface area contributed by atoms with E-state index in [0.717, 1.165) is 41.5 Å². The van der Waals surface area contributed by atoms with Gasteiger partial charge in [-0.3, -0.25) is 4.90 Å². The Morgan fingerprint density at radius 3 is 2.69 bits per heavy atom. The van der Waals surface area contributed by atoms with E-state index in [-0.39, 0.29) is 29.7 Å². The molecule has 7 heteroatoms. The highest BCUT2D eigenvalue weighted by Crippen LogP contribution is 2.21. The van der Waals surface area contributed by atoms with Gasteiger partial charge in [0.05, 0.1) is 13.2 Å². The summed E-state index contributed by atoms with van der Waals surface area (Å²) in [6.07, 6.45) is 1.74. The minimum atomic E-state index is -0.335. The van der Waals surface area contributed by atoms with E-state index in [1.807, 2.05) is 37.3 Å². The molecule has 5 nitrogen and oxygen atoms in total. The number of piperidine rings is 1. The Balaban J connectivity index is 1.43. The second kappa shape index (κ2) is 10.1. The van der Waals surface area contributed by atoms with Crippen LogP contribution in [0.5, 0.6) is 5.75 Å². The second-order valence-electron chi connectivity index (χ2n) is 7.41. The number of hydrogen-bond acceptors (Lipinski definition) is 3. The van der Waals surface area contributed by atoms with Crippen LogP contribution in [-0.2, 0) is 6.54 Å². The first-order chi connectivity index (χ1) is 13.9. The van der Waals surface area contributed by atoms with Gasteiger partial charge in [-0.15, -0.1) is 0 Å². The fraction of sp³-hybridized carbons (Fsp3) is 0.409. The third-order valence-electron chi connectivity index (χ3n) is 5.24. The molecular formula is C22H27BrFN3O2. The number of likely N-dealkylation sites (tertiary alicyclic amines) is 1. The van der Waals surface area contributed by atoms with Gasteiger partial charge in [-0.1, -0.05) is 34.1 Å². The van der Waals surface area contributed by atoms with Crippen LogP contribution in [0.2, 0.25) is 0 Å². The standard InChI is InChI=1S/C22H27BrFN3O2/c1-15(17-4-3-5-18(23)13-17)25-22(28)26-19-8-10-27(11-9-19)14-16-6-7-21(29-2)20(24)12-16/h3-7,12-13,15,19H,8-11,14H2,1-2H3,(H2,25,26,28). The van der Waals surface area contributed by atoms with Gasteiger partial charge in [-0.2, -0.15) is 0 Å². The van der Waals surface area contributed by atoms with Crippen molar-refractivity contribution in [3.05, 3.63) is 63.9 Å². The Hall–Kier alpha value is -2.12. The molecule has 1 saturated heterocycles.